The third kappa shape index (κ3) is 3.92. The fourth-order valence-electron chi connectivity index (χ4n) is 5.19. The van der Waals surface area contributed by atoms with E-state index in [9.17, 15) is 0 Å². The van der Waals surface area contributed by atoms with Gasteiger partial charge in [0.05, 0.1) is 12.7 Å². The van der Waals surface area contributed by atoms with Gasteiger partial charge in [-0.15, -0.1) is 0 Å². The topological polar surface area (TPSA) is 116 Å². The predicted octanol–water partition coefficient (Wildman–Crippen LogP) is 2.74. The van der Waals surface area contributed by atoms with Gasteiger partial charge in [0, 0.05) is 19.5 Å². The van der Waals surface area contributed by atoms with Gasteiger partial charge in [-0.1, -0.05) is 48.3 Å². The predicted molar refractivity (Wildman–Crippen MR) is 118 cm³/mol. The number of hydrogen-bond donors (Lipinski definition) is 1. The summed E-state index contributed by atoms with van der Waals surface area (Å²) in [7, 11) is 0. The van der Waals surface area contributed by atoms with Crippen LogP contribution >= 0.6 is 0 Å². The van der Waals surface area contributed by atoms with Gasteiger partial charge in [-0.25, -0.2) is 4.98 Å². The van der Waals surface area contributed by atoms with Crippen molar-refractivity contribution in [1.82, 2.24) is 25.1 Å². The molecule has 1 saturated heterocycles. The van der Waals surface area contributed by atoms with E-state index in [1.165, 1.54) is 25.7 Å². The van der Waals surface area contributed by atoms with E-state index in [0.717, 1.165) is 25.3 Å². The normalized spacial score (nSPS) is 24.8. The van der Waals surface area contributed by atoms with Gasteiger partial charge in [0.15, 0.2) is 0 Å². The Bertz CT molecular complexity index is 1070. The second-order valence-electron chi connectivity index (χ2n) is 9.13. The largest absolute Gasteiger partial charge is 0.378 e. The zero-order valence-electron chi connectivity index (χ0n) is 17.9. The summed E-state index contributed by atoms with van der Waals surface area (Å²) in [6.45, 7) is 2.77. The van der Waals surface area contributed by atoms with Gasteiger partial charge < -0.3 is 19.9 Å². The first-order valence-electron chi connectivity index (χ1n) is 11.5. The lowest BCUT2D eigenvalue weighted by atomic mass is 10.1. The van der Waals surface area contributed by atoms with Gasteiger partial charge in [0.25, 0.3) is 0 Å². The first-order chi connectivity index (χ1) is 15.7. The zero-order valence-corrected chi connectivity index (χ0v) is 17.9. The molecule has 9 heteroatoms. The van der Waals surface area contributed by atoms with E-state index in [1.807, 2.05) is 30.3 Å². The fraction of sp³-hybridized carbons (Fsp3) is 0.522. The van der Waals surface area contributed by atoms with Crippen molar-refractivity contribution >= 4 is 12.0 Å². The van der Waals surface area contributed by atoms with E-state index in [4.69, 9.17) is 15.0 Å². The quantitative estimate of drug-likeness (QED) is 0.600. The lowest BCUT2D eigenvalue weighted by molar-refractivity contribution is 0.0461. The molecule has 1 aromatic carbocycles. The van der Waals surface area contributed by atoms with Crippen LogP contribution in [-0.4, -0.2) is 50.9 Å². The molecule has 0 spiro atoms. The molecule has 0 amide bonds. The van der Waals surface area contributed by atoms with Crippen molar-refractivity contribution in [2.24, 2.45) is 17.8 Å². The third-order valence-corrected chi connectivity index (χ3v) is 6.99. The summed E-state index contributed by atoms with van der Waals surface area (Å²) in [5.41, 5.74) is 7.02. The van der Waals surface area contributed by atoms with Gasteiger partial charge in [0.1, 0.15) is 5.82 Å². The number of benzene rings is 1. The molecule has 3 aromatic rings. The van der Waals surface area contributed by atoms with E-state index >= 15 is 0 Å². The van der Waals surface area contributed by atoms with Crippen LogP contribution < -0.4 is 10.6 Å². The van der Waals surface area contributed by atoms with Crippen LogP contribution in [0.3, 0.4) is 0 Å². The summed E-state index contributed by atoms with van der Waals surface area (Å²) < 4.78 is 11.7. The highest BCUT2D eigenvalue weighted by atomic mass is 16.5. The number of aromatic nitrogens is 5. The van der Waals surface area contributed by atoms with Gasteiger partial charge in [0.2, 0.25) is 17.6 Å². The summed E-state index contributed by atoms with van der Waals surface area (Å²) >= 11 is 0. The number of ether oxygens (including phenoxy) is 1. The standard InChI is InChI=1S/C23H27N7O2/c24-22-26-19(10-14-6-2-1-3-7-14)25-20(27-22)21-28-23(32-29-21)30-11-16-17(12-30)18(16)13-31-15-8-4-5-9-15/h1-3,6-7,15-18H,4-5,8-13H2,(H2,24,25,26,27)/t16-,17+,18?. The molecule has 0 bridgehead atoms. The zero-order chi connectivity index (χ0) is 21.5. The van der Waals surface area contributed by atoms with E-state index < -0.39 is 0 Å². The number of anilines is 2. The SMILES string of the molecule is Nc1nc(Cc2ccccc2)nc(-c2noc(N3C[C@@H]4C(COC5CCCC5)[C@@H]4C3)n2)n1. The molecule has 2 N–H and O–H groups in total. The number of nitrogens with zero attached hydrogens (tertiary/aromatic N) is 6. The van der Waals surface area contributed by atoms with Crippen molar-refractivity contribution in [3.05, 3.63) is 41.7 Å². The molecule has 3 fully saturated rings. The lowest BCUT2D eigenvalue weighted by Gasteiger charge is -2.17. The Kier molecular flexibility index (Phi) is 4.98. The Morgan fingerprint density at radius 1 is 0.969 bits per heavy atom. The van der Waals surface area contributed by atoms with Gasteiger partial charge >= 0.3 is 6.01 Å². The highest BCUT2D eigenvalue weighted by Gasteiger charge is 2.56. The molecule has 6 rings (SSSR count). The molecule has 3 aliphatic rings. The van der Waals surface area contributed by atoms with E-state index in [0.29, 0.717) is 53.8 Å². The Morgan fingerprint density at radius 2 is 1.75 bits per heavy atom. The van der Waals surface area contributed by atoms with Gasteiger partial charge in [-0.05, 0) is 36.2 Å². The molecule has 166 valence electrons. The van der Waals surface area contributed by atoms with E-state index in [-0.39, 0.29) is 5.95 Å². The fourth-order valence-corrected chi connectivity index (χ4v) is 5.19. The average Bonchev–Trinajstić information content (AvgIpc) is 3.33. The molecule has 2 aromatic heterocycles. The molecule has 9 nitrogen and oxygen atoms in total. The Labute approximate surface area is 186 Å². The molecule has 2 aliphatic carbocycles. The number of piperidine rings is 1. The van der Waals surface area contributed by atoms with E-state index in [2.05, 4.69) is 30.0 Å². The number of nitrogens with two attached hydrogens (primary N) is 1. The molecule has 1 unspecified atom stereocenters. The summed E-state index contributed by atoms with van der Waals surface area (Å²) in [6, 6.07) is 10.5. The highest BCUT2D eigenvalue weighted by molar-refractivity contribution is 5.47. The van der Waals surface area contributed by atoms with Crippen molar-refractivity contribution in [3.8, 4) is 11.6 Å². The van der Waals surface area contributed by atoms with Crippen molar-refractivity contribution < 1.29 is 9.26 Å². The van der Waals surface area contributed by atoms with Crippen LogP contribution in [0.2, 0.25) is 0 Å². The Morgan fingerprint density at radius 3 is 2.53 bits per heavy atom. The molecule has 3 atom stereocenters. The minimum atomic E-state index is 0.153. The first-order valence-corrected chi connectivity index (χ1v) is 11.5. The number of rotatable bonds is 7. The first kappa shape index (κ1) is 19.6. The van der Waals surface area contributed by atoms with Crippen LogP contribution in [0.25, 0.3) is 11.6 Å². The maximum atomic E-state index is 6.13. The summed E-state index contributed by atoms with van der Waals surface area (Å²) in [4.78, 5) is 19.7. The second kappa shape index (κ2) is 8.12. The number of fused-ring (bicyclic) bond motifs is 1. The van der Waals surface area contributed by atoms with Crippen LogP contribution in [0.15, 0.2) is 34.9 Å². The van der Waals surface area contributed by atoms with Crippen LogP contribution in [0, 0.1) is 17.8 Å². The summed E-state index contributed by atoms with van der Waals surface area (Å²) in [5.74, 6) is 3.42. The summed E-state index contributed by atoms with van der Waals surface area (Å²) in [6.07, 6.45) is 6.14. The number of nitrogen functional groups attached to an aromatic ring is 1. The smallest absolute Gasteiger partial charge is 0.324 e. The van der Waals surface area contributed by atoms with Crippen LogP contribution in [0.5, 0.6) is 0 Å². The highest BCUT2D eigenvalue weighted by Crippen LogP contribution is 2.52. The minimum Gasteiger partial charge on any atom is -0.378 e. The number of hydrogen-bond acceptors (Lipinski definition) is 9. The Balaban J connectivity index is 1.09. The van der Waals surface area contributed by atoms with Gasteiger partial charge in [-0.3, -0.25) is 0 Å². The van der Waals surface area contributed by atoms with Crippen LogP contribution in [-0.2, 0) is 11.2 Å². The molecule has 2 saturated carbocycles. The van der Waals surface area contributed by atoms with E-state index in [1.54, 1.807) is 0 Å². The molecule has 0 radical (unpaired) electrons. The van der Waals surface area contributed by atoms with Crippen LogP contribution in [0.4, 0.5) is 12.0 Å². The molecular formula is C23H27N7O2. The minimum absolute atomic E-state index is 0.153. The lowest BCUT2D eigenvalue weighted by Crippen LogP contribution is -2.25. The maximum Gasteiger partial charge on any atom is 0.324 e. The maximum absolute atomic E-state index is 6.13. The van der Waals surface area contributed by atoms with Crippen molar-refractivity contribution in [2.45, 2.75) is 38.2 Å². The molecule has 3 heterocycles. The third-order valence-electron chi connectivity index (χ3n) is 6.99. The molecule has 1 aliphatic heterocycles. The second-order valence-corrected chi connectivity index (χ2v) is 9.13. The van der Waals surface area contributed by atoms with Gasteiger partial charge in [-0.2, -0.15) is 15.0 Å². The van der Waals surface area contributed by atoms with Crippen molar-refractivity contribution in [1.29, 1.82) is 0 Å². The summed E-state index contributed by atoms with van der Waals surface area (Å²) in [5, 5.41) is 4.11. The van der Waals surface area contributed by atoms with Crippen molar-refractivity contribution in [2.75, 3.05) is 30.3 Å². The Hall–Kier alpha value is -3.07. The average molecular weight is 434 g/mol. The monoisotopic (exact) mass is 433 g/mol. The van der Waals surface area contributed by atoms with Crippen molar-refractivity contribution in [3.63, 3.8) is 0 Å². The van der Waals surface area contributed by atoms with Crippen LogP contribution in [0.1, 0.15) is 37.1 Å². The molecular weight excluding hydrogens is 406 g/mol. The molecule has 32 heavy (non-hydrogen) atoms.